The number of methoxy groups -OCH3 is 1. The van der Waals surface area contributed by atoms with Crippen molar-refractivity contribution in [2.75, 3.05) is 19.0 Å². The van der Waals surface area contributed by atoms with Crippen LogP contribution in [-0.2, 0) is 20.5 Å². The Morgan fingerprint density at radius 3 is 2.39 bits per heavy atom. The van der Waals surface area contributed by atoms with Crippen molar-refractivity contribution in [3.05, 3.63) is 59.7 Å². The van der Waals surface area contributed by atoms with E-state index < -0.39 is 23.4 Å². The van der Waals surface area contributed by atoms with E-state index in [1.54, 1.807) is 18.2 Å². The van der Waals surface area contributed by atoms with Crippen LogP contribution >= 0.6 is 0 Å². The maximum Gasteiger partial charge on any atom is 0.325 e. The lowest BCUT2D eigenvalue weighted by molar-refractivity contribution is -0.134. The van der Waals surface area contributed by atoms with Gasteiger partial charge in [0.05, 0.1) is 12.8 Å². The van der Waals surface area contributed by atoms with Gasteiger partial charge in [-0.1, -0.05) is 64.1 Å². The van der Waals surface area contributed by atoms with E-state index in [1.807, 2.05) is 37.3 Å². The molecule has 0 bridgehead atoms. The zero-order chi connectivity index (χ0) is 22.8. The van der Waals surface area contributed by atoms with Crippen LogP contribution in [0.4, 0.5) is 10.5 Å². The van der Waals surface area contributed by atoms with Crippen LogP contribution in [0.1, 0.15) is 45.2 Å². The smallest absolute Gasteiger partial charge is 0.325 e. The average Bonchev–Trinajstić information content (AvgIpc) is 2.98. The molecule has 164 valence electrons. The number of nitrogens with one attached hydrogen (secondary N) is 2. The number of benzene rings is 2. The zero-order valence-electron chi connectivity index (χ0n) is 18.6. The number of urea groups is 1. The van der Waals surface area contributed by atoms with E-state index in [1.165, 1.54) is 7.11 Å². The number of hydrogen-bond acceptors (Lipinski definition) is 4. The molecule has 0 aliphatic carbocycles. The summed E-state index contributed by atoms with van der Waals surface area (Å²) in [5, 5.41) is 5.58. The van der Waals surface area contributed by atoms with Crippen molar-refractivity contribution in [1.29, 1.82) is 0 Å². The van der Waals surface area contributed by atoms with Crippen LogP contribution in [0.25, 0.3) is 0 Å². The zero-order valence-corrected chi connectivity index (χ0v) is 18.6. The second-order valence-corrected chi connectivity index (χ2v) is 8.66. The number of ether oxygens (including phenoxy) is 1. The lowest BCUT2D eigenvalue weighted by Gasteiger charge is -2.25. The third-order valence-electron chi connectivity index (χ3n) is 5.61. The van der Waals surface area contributed by atoms with Crippen LogP contribution in [-0.4, -0.2) is 36.4 Å². The number of carbonyl (C=O) groups excluding carboxylic acids is 3. The molecule has 0 saturated carbocycles. The number of imide groups is 1. The van der Waals surface area contributed by atoms with Crippen LogP contribution in [0, 0.1) is 0 Å². The molecular weight excluding hydrogens is 394 g/mol. The molecule has 2 aromatic rings. The van der Waals surface area contributed by atoms with Crippen LogP contribution in [0.5, 0.6) is 5.75 Å². The largest absolute Gasteiger partial charge is 0.495 e. The van der Waals surface area contributed by atoms with Crippen molar-refractivity contribution in [3.8, 4) is 5.75 Å². The first-order chi connectivity index (χ1) is 14.6. The van der Waals surface area contributed by atoms with Crippen LogP contribution in [0.3, 0.4) is 0 Å². The number of nitrogens with zero attached hydrogens (tertiary/aromatic N) is 1. The van der Waals surface area contributed by atoms with E-state index in [0.29, 0.717) is 23.4 Å². The predicted octanol–water partition coefficient (Wildman–Crippen LogP) is 3.79. The highest BCUT2D eigenvalue weighted by atomic mass is 16.5. The minimum absolute atomic E-state index is 0.118. The third kappa shape index (κ3) is 4.26. The Morgan fingerprint density at radius 2 is 1.81 bits per heavy atom. The quantitative estimate of drug-likeness (QED) is 0.692. The first-order valence-corrected chi connectivity index (χ1v) is 10.3. The molecule has 1 atom stereocenters. The summed E-state index contributed by atoms with van der Waals surface area (Å²) in [6, 6.07) is 14.1. The van der Waals surface area contributed by atoms with E-state index >= 15 is 0 Å². The second-order valence-electron chi connectivity index (χ2n) is 8.66. The maximum absolute atomic E-state index is 13.2. The molecule has 7 nitrogen and oxygen atoms in total. The standard InChI is InChI=1S/C24H29N3O4/c1-6-24(16-10-8-7-9-11-16)21(29)27(22(30)26-24)15-20(28)25-18-14-17(23(2,3)4)12-13-19(18)31-5/h7-14H,6,15H2,1-5H3,(H,25,28)(H,26,30). The van der Waals surface area contributed by atoms with Gasteiger partial charge >= 0.3 is 6.03 Å². The molecule has 1 aliphatic heterocycles. The minimum atomic E-state index is -1.16. The fourth-order valence-corrected chi connectivity index (χ4v) is 3.74. The summed E-state index contributed by atoms with van der Waals surface area (Å²) < 4.78 is 5.36. The summed E-state index contributed by atoms with van der Waals surface area (Å²) in [6.45, 7) is 7.66. The number of hydrogen-bond donors (Lipinski definition) is 2. The van der Waals surface area contributed by atoms with E-state index in [9.17, 15) is 14.4 Å². The summed E-state index contributed by atoms with van der Waals surface area (Å²) >= 11 is 0. The van der Waals surface area contributed by atoms with Gasteiger partial charge in [-0.15, -0.1) is 0 Å². The van der Waals surface area contributed by atoms with Gasteiger partial charge in [0.2, 0.25) is 5.91 Å². The first kappa shape index (κ1) is 22.3. The molecule has 1 saturated heterocycles. The SMILES string of the molecule is CCC1(c2ccccc2)NC(=O)N(CC(=O)Nc2cc(C(C)(C)C)ccc2OC)C1=O. The topological polar surface area (TPSA) is 87.7 Å². The van der Waals surface area contributed by atoms with Crippen molar-refractivity contribution < 1.29 is 19.1 Å². The van der Waals surface area contributed by atoms with Gasteiger partial charge in [0.15, 0.2) is 0 Å². The molecule has 0 radical (unpaired) electrons. The van der Waals surface area contributed by atoms with Gasteiger partial charge in [0, 0.05) is 0 Å². The molecule has 2 aromatic carbocycles. The molecule has 4 amide bonds. The lowest BCUT2D eigenvalue weighted by Crippen LogP contribution is -2.44. The highest BCUT2D eigenvalue weighted by Gasteiger charge is 2.51. The monoisotopic (exact) mass is 423 g/mol. The molecule has 3 rings (SSSR count). The Labute approximate surface area is 182 Å². The van der Waals surface area contributed by atoms with E-state index in [2.05, 4.69) is 31.4 Å². The highest BCUT2D eigenvalue weighted by Crippen LogP contribution is 2.33. The molecular formula is C24H29N3O4. The minimum Gasteiger partial charge on any atom is -0.495 e. The van der Waals surface area contributed by atoms with Gasteiger partial charge in [0.25, 0.3) is 5.91 Å². The number of anilines is 1. The van der Waals surface area contributed by atoms with Crippen molar-refractivity contribution >= 4 is 23.5 Å². The summed E-state index contributed by atoms with van der Waals surface area (Å²) in [7, 11) is 1.52. The summed E-state index contributed by atoms with van der Waals surface area (Å²) in [5.41, 5.74) is 0.929. The van der Waals surface area contributed by atoms with E-state index in [0.717, 1.165) is 10.5 Å². The molecule has 31 heavy (non-hydrogen) atoms. The molecule has 1 fully saturated rings. The Bertz CT molecular complexity index is 998. The normalized spacial score (nSPS) is 18.7. The number of carbonyl (C=O) groups is 3. The van der Waals surface area contributed by atoms with Gasteiger partial charge in [-0.3, -0.25) is 14.5 Å². The van der Waals surface area contributed by atoms with E-state index in [4.69, 9.17) is 4.74 Å². The molecule has 1 unspecified atom stereocenters. The Balaban J connectivity index is 1.81. The summed E-state index contributed by atoms with van der Waals surface area (Å²) in [6.07, 6.45) is 0.376. The van der Waals surface area contributed by atoms with Gasteiger partial charge in [-0.25, -0.2) is 4.79 Å². The van der Waals surface area contributed by atoms with Crippen LogP contribution < -0.4 is 15.4 Å². The fourth-order valence-electron chi connectivity index (χ4n) is 3.74. The molecule has 0 aromatic heterocycles. The van der Waals surface area contributed by atoms with Crippen molar-refractivity contribution in [2.24, 2.45) is 0 Å². The Kier molecular flexibility index (Phi) is 6.06. The molecule has 7 heteroatoms. The molecule has 1 aliphatic rings. The van der Waals surface area contributed by atoms with Crippen LogP contribution in [0.15, 0.2) is 48.5 Å². The van der Waals surface area contributed by atoms with Crippen molar-refractivity contribution in [1.82, 2.24) is 10.2 Å². The van der Waals surface area contributed by atoms with Gasteiger partial charge in [-0.2, -0.15) is 0 Å². The van der Waals surface area contributed by atoms with Gasteiger partial charge < -0.3 is 15.4 Å². The van der Waals surface area contributed by atoms with E-state index in [-0.39, 0.29) is 12.0 Å². The molecule has 2 N–H and O–H groups in total. The summed E-state index contributed by atoms with van der Waals surface area (Å²) in [5.74, 6) is -0.407. The lowest BCUT2D eigenvalue weighted by atomic mass is 9.87. The second kappa shape index (κ2) is 8.41. The highest BCUT2D eigenvalue weighted by molar-refractivity contribution is 6.10. The number of amides is 4. The van der Waals surface area contributed by atoms with Crippen molar-refractivity contribution in [3.63, 3.8) is 0 Å². The predicted molar refractivity (Wildman–Crippen MR) is 119 cm³/mol. The Morgan fingerprint density at radius 1 is 1.13 bits per heavy atom. The maximum atomic E-state index is 13.2. The third-order valence-corrected chi connectivity index (χ3v) is 5.61. The fraction of sp³-hybridized carbons (Fsp3) is 0.375. The van der Waals surface area contributed by atoms with Gasteiger partial charge in [-0.05, 0) is 35.1 Å². The average molecular weight is 424 g/mol. The molecule has 1 heterocycles. The first-order valence-electron chi connectivity index (χ1n) is 10.3. The molecule has 0 spiro atoms. The van der Waals surface area contributed by atoms with Crippen LogP contribution in [0.2, 0.25) is 0 Å². The summed E-state index contributed by atoms with van der Waals surface area (Å²) in [4.78, 5) is 39.6. The van der Waals surface area contributed by atoms with Crippen molar-refractivity contribution in [2.45, 2.75) is 45.1 Å². The Hall–Kier alpha value is -3.35. The van der Waals surface area contributed by atoms with Gasteiger partial charge in [0.1, 0.15) is 17.8 Å². The number of rotatable bonds is 6.